The highest BCUT2D eigenvalue weighted by Gasteiger charge is 2.32. The zero-order valence-corrected chi connectivity index (χ0v) is 17.2. The molecule has 0 saturated carbocycles. The number of rotatable bonds is 7. The summed E-state index contributed by atoms with van der Waals surface area (Å²) in [5.74, 6) is -0.0463. The molecule has 1 aliphatic rings. The van der Waals surface area contributed by atoms with Gasteiger partial charge in [-0.25, -0.2) is 4.21 Å². The molecule has 2 aromatic rings. The Morgan fingerprint density at radius 3 is 2.43 bits per heavy atom. The highest BCUT2D eigenvalue weighted by atomic mass is 32.2. The third kappa shape index (κ3) is 4.85. The molecule has 28 heavy (non-hydrogen) atoms. The molecule has 0 saturated heterocycles. The van der Waals surface area contributed by atoms with Crippen LogP contribution in [0.1, 0.15) is 37.3 Å². The van der Waals surface area contributed by atoms with Gasteiger partial charge in [-0.2, -0.15) is 0 Å². The number of allylic oxidation sites excluding steroid dienone is 5. The maximum absolute atomic E-state index is 13.0. The Morgan fingerprint density at radius 1 is 1.04 bits per heavy atom. The zero-order chi connectivity index (χ0) is 19.9. The van der Waals surface area contributed by atoms with Gasteiger partial charge in [0.05, 0.1) is 15.7 Å². The first kappa shape index (κ1) is 20.2. The molecule has 3 heteroatoms. The van der Waals surface area contributed by atoms with Crippen LogP contribution in [0.5, 0.6) is 0 Å². The second kappa shape index (κ2) is 9.61. The van der Waals surface area contributed by atoms with E-state index in [-0.39, 0.29) is 11.7 Å². The average molecular weight is 391 g/mol. The summed E-state index contributed by atoms with van der Waals surface area (Å²) >= 11 is 0. The highest BCUT2D eigenvalue weighted by molar-refractivity contribution is 7.90. The van der Waals surface area contributed by atoms with Gasteiger partial charge in [-0.1, -0.05) is 92.1 Å². The molecule has 144 valence electrons. The molecule has 0 amide bonds. The van der Waals surface area contributed by atoms with E-state index in [9.17, 15) is 9.00 Å². The quantitative estimate of drug-likeness (QED) is 0.542. The van der Waals surface area contributed by atoms with Crippen LogP contribution in [-0.4, -0.2) is 9.99 Å². The van der Waals surface area contributed by atoms with E-state index >= 15 is 0 Å². The molecular weight excluding hydrogens is 364 g/mol. The molecule has 2 unspecified atom stereocenters. The Labute approximate surface area is 170 Å². The molecule has 0 spiro atoms. The van der Waals surface area contributed by atoms with Gasteiger partial charge in [0.1, 0.15) is 0 Å². The number of hydrogen-bond acceptors (Lipinski definition) is 2. The van der Waals surface area contributed by atoms with Gasteiger partial charge in [0.2, 0.25) is 0 Å². The lowest BCUT2D eigenvalue weighted by atomic mass is 9.95. The fourth-order valence-corrected chi connectivity index (χ4v) is 4.49. The van der Waals surface area contributed by atoms with Crippen molar-refractivity contribution in [3.63, 3.8) is 0 Å². The van der Waals surface area contributed by atoms with E-state index in [1.807, 2.05) is 85.8 Å². The van der Waals surface area contributed by atoms with Crippen LogP contribution in [0.2, 0.25) is 0 Å². The minimum absolute atomic E-state index is 0.0391. The van der Waals surface area contributed by atoms with Gasteiger partial charge >= 0.3 is 0 Å². The van der Waals surface area contributed by atoms with Gasteiger partial charge in [-0.3, -0.25) is 4.79 Å². The molecule has 0 fully saturated rings. The van der Waals surface area contributed by atoms with Crippen molar-refractivity contribution in [3.05, 3.63) is 94.4 Å². The van der Waals surface area contributed by atoms with Crippen molar-refractivity contribution in [2.75, 3.05) is 0 Å². The predicted molar refractivity (Wildman–Crippen MR) is 117 cm³/mol. The first-order valence-electron chi connectivity index (χ1n) is 9.78. The number of aryl methyl sites for hydroxylation is 1. The number of unbranched alkanes of at least 4 members (excludes halogenated alkanes) is 1. The van der Waals surface area contributed by atoms with Crippen LogP contribution in [0, 0.1) is 12.8 Å². The fourth-order valence-electron chi connectivity index (χ4n) is 3.28. The predicted octanol–water partition coefficient (Wildman–Crippen LogP) is 6.02. The third-order valence-electron chi connectivity index (χ3n) is 4.91. The van der Waals surface area contributed by atoms with E-state index in [1.165, 1.54) is 0 Å². The minimum atomic E-state index is -1.44. The molecule has 2 aromatic carbocycles. The fraction of sp³-hybridized carbons (Fsp3) is 0.240. The van der Waals surface area contributed by atoms with Crippen molar-refractivity contribution < 1.29 is 9.00 Å². The van der Waals surface area contributed by atoms with Crippen molar-refractivity contribution in [2.45, 2.75) is 38.0 Å². The SMILES string of the molecule is CCCCC1C=C(S(=O)c2ccc(C)cc2)C(=O)/C1=C\C=C\c1ccccc1. The number of carbonyl (C=O) groups is 1. The van der Waals surface area contributed by atoms with E-state index in [4.69, 9.17) is 0 Å². The van der Waals surface area contributed by atoms with Crippen molar-refractivity contribution in [1.29, 1.82) is 0 Å². The minimum Gasteiger partial charge on any atom is -0.288 e. The maximum Gasteiger partial charge on any atom is 0.198 e. The van der Waals surface area contributed by atoms with E-state index in [2.05, 4.69) is 6.92 Å². The molecule has 1 aliphatic carbocycles. The van der Waals surface area contributed by atoms with E-state index < -0.39 is 10.8 Å². The normalized spacial score (nSPS) is 19.4. The Kier molecular flexibility index (Phi) is 6.94. The topological polar surface area (TPSA) is 34.1 Å². The second-order valence-corrected chi connectivity index (χ2v) is 8.53. The lowest BCUT2D eigenvalue weighted by Crippen LogP contribution is -2.08. The van der Waals surface area contributed by atoms with Crippen LogP contribution in [0.15, 0.2) is 88.2 Å². The number of carbonyl (C=O) groups excluding carboxylic acids is 1. The molecule has 0 bridgehead atoms. The van der Waals surface area contributed by atoms with Gasteiger partial charge < -0.3 is 0 Å². The first-order chi connectivity index (χ1) is 13.6. The molecule has 0 N–H and O–H groups in total. The van der Waals surface area contributed by atoms with Crippen LogP contribution in [0.25, 0.3) is 6.08 Å². The van der Waals surface area contributed by atoms with Gasteiger partial charge in [0, 0.05) is 16.4 Å². The van der Waals surface area contributed by atoms with Crippen molar-refractivity contribution >= 4 is 22.7 Å². The third-order valence-corrected chi connectivity index (χ3v) is 6.33. The lowest BCUT2D eigenvalue weighted by Gasteiger charge is -2.08. The van der Waals surface area contributed by atoms with Crippen LogP contribution in [-0.2, 0) is 15.6 Å². The summed E-state index contributed by atoms with van der Waals surface area (Å²) in [7, 11) is -1.44. The summed E-state index contributed by atoms with van der Waals surface area (Å²) in [6.07, 6.45) is 10.8. The van der Waals surface area contributed by atoms with E-state index in [0.717, 1.165) is 36.0 Å². The Hall–Kier alpha value is -2.52. The monoisotopic (exact) mass is 390 g/mol. The second-order valence-electron chi connectivity index (χ2n) is 7.08. The molecular formula is C25H26O2S. The van der Waals surface area contributed by atoms with Gasteiger partial charge in [-0.15, -0.1) is 0 Å². The smallest absolute Gasteiger partial charge is 0.198 e. The van der Waals surface area contributed by atoms with Gasteiger partial charge in [0.15, 0.2) is 5.78 Å². The number of hydrogen-bond donors (Lipinski definition) is 0. The Bertz CT molecular complexity index is 934. The Balaban J connectivity index is 1.85. The first-order valence-corrected chi connectivity index (χ1v) is 10.9. The van der Waals surface area contributed by atoms with Crippen LogP contribution >= 0.6 is 0 Å². The summed E-state index contributed by atoms with van der Waals surface area (Å²) in [5, 5.41) is 0. The van der Waals surface area contributed by atoms with E-state index in [1.54, 1.807) is 0 Å². The summed E-state index contributed by atoms with van der Waals surface area (Å²) < 4.78 is 13.0. The summed E-state index contributed by atoms with van der Waals surface area (Å²) in [6.45, 7) is 4.14. The largest absolute Gasteiger partial charge is 0.288 e. The van der Waals surface area contributed by atoms with Crippen LogP contribution < -0.4 is 0 Å². The maximum atomic E-state index is 13.0. The molecule has 0 aromatic heterocycles. The molecule has 0 aliphatic heterocycles. The average Bonchev–Trinajstić information content (AvgIpc) is 3.03. The molecule has 0 radical (unpaired) electrons. The number of Topliss-reactive ketones (excluding diaryl/α,β-unsaturated/α-hetero) is 1. The standard InChI is InChI=1S/C25H26O2S/c1-3-4-12-21-18-24(28(27)22-16-14-19(2)15-17-22)25(26)23(21)13-8-11-20-9-6-5-7-10-20/h5-11,13-18,21H,3-4,12H2,1-2H3/b11-8+,23-13-. The summed E-state index contributed by atoms with van der Waals surface area (Å²) in [6, 6.07) is 17.6. The zero-order valence-electron chi connectivity index (χ0n) is 16.4. The summed E-state index contributed by atoms with van der Waals surface area (Å²) in [4.78, 5) is 14.1. The summed E-state index contributed by atoms with van der Waals surface area (Å²) in [5.41, 5.74) is 2.95. The van der Waals surface area contributed by atoms with Crippen molar-refractivity contribution in [1.82, 2.24) is 0 Å². The molecule has 3 rings (SSSR count). The van der Waals surface area contributed by atoms with E-state index in [0.29, 0.717) is 9.80 Å². The van der Waals surface area contributed by atoms with Crippen molar-refractivity contribution in [2.24, 2.45) is 5.92 Å². The van der Waals surface area contributed by atoms with Gasteiger partial charge in [-0.05, 0) is 31.0 Å². The number of ketones is 1. The molecule has 2 atom stereocenters. The van der Waals surface area contributed by atoms with Crippen molar-refractivity contribution in [3.8, 4) is 0 Å². The molecule has 2 nitrogen and oxygen atoms in total. The van der Waals surface area contributed by atoms with Crippen LogP contribution in [0.4, 0.5) is 0 Å². The van der Waals surface area contributed by atoms with Gasteiger partial charge in [0.25, 0.3) is 0 Å². The number of benzene rings is 2. The highest BCUT2D eigenvalue weighted by Crippen LogP contribution is 2.34. The molecule has 0 heterocycles. The van der Waals surface area contributed by atoms with Crippen LogP contribution in [0.3, 0.4) is 0 Å². The Morgan fingerprint density at radius 2 is 1.75 bits per heavy atom. The lowest BCUT2D eigenvalue weighted by molar-refractivity contribution is -0.111.